The number of unbranched alkanes of at least 4 members (excludes halogenated alkanes) is 16. The Morgan fingerprint density at radius 1 is 0.534 bits per heavy atom. The molecule has 2 atom stereocenters. The van der Waals surface area contributed by atoms with Gasteiger partial charge in [-0.15, -0.1) is 0 Å². The summed E-state index contributed by atoms with van der Waals surface area (Å²) in [5.74, 6) is -0.388. The minimum absolute atomic E-state index is 0.0879. The van der Waals surface area contributed by atoms with Gasteiger partial charge in [0.15, 0.2) is 0 Å². The second-order valence-electron chi connectivity index (χ2n) is 14.9. The van der Waals surface area contributed by atoms with Crippen molar-refractivity contribution in [3.05, 3.63) is 85.1 Å². The number of hydrogen-bond donors (Lipinski definition) is 2. The molecule has 0 aliphatic heterocycles. The summed E-state index contributed by atoms with van der Waals surface area (Å²) in [6.45, 7) is 4.73. The highest BCUT2D eigenvalue weighted by molar-refractivity contribution is 7.47. The Morgan fingerprint density at radius 3 is 1.38 bits per heavy atom. The second-order valence-corrected chi connectivity index (χ2v) is 16.3. The summed E-state index contributed by atoms with van der Waals surface area (Å²) in [5.41, 5.74) is 5.37. The fourth-order valence-corrected chi connectivity index (χ4v) is 6.75. The lowest BCUT2D eigenvalue weighted by Crippen LogP contribution is -2.28. The minimum Gasteiger partial charge on any atom is -0.457 e. The zero-order valence-electron chi connectivity index (χ0n) is 37.0. The van der Waals surface area contributed by atoms with E-state index >= 15 is 0 Å². The van der Waals surface area contributed by atoms with E-state index in [0.717, 1.165) is 64.2 Å². The molecule has 0 aliphatic carbocycles. The molecule has 0 saturated carbocycles. The first-order valence-electron chi connectivity index (χ1n) is 23.1. The Kier molecular flexibility index (Phi) is 43.9. The maximum atomic E-state index is 12.6. The van der Waals surface area contributed by atoms with Gasteiger partial charge in [-0.1, -0.05) is 195 Å². The molecule has 0 heterocycles. The fraction of sp³-hybridized carbons (Fsp3) is 0.694. The van der Waals surface area contributed by atoms with Crippen LogP contribution in [-0.2, 0) is 27.9 Å². The molecule has 334 valence electrons. The Bertz CT molecular complexity index is 1160. The van der Waals surface area contributed by atoms with Crippen LogP contribution in [0.2, 0.25) is 0 Å². The molecule has 0 radical (unpaired) electrons. The Labute approximate surface area is 356 Å². The van der Waals surface area contributed by atoms with Crippen LogP contribution in [0.3, 0.4) is 0 Å². The van der Waals surface area contributed by atoms with Crippen molar-refractivity contribution in [1.29, 1.82) is 0 Å². The summed E-state index contributed by atoms with van der Waals surface area (Å²) in [7, 11) is -4.30. The van der Waals surface area contributed by atoms with Crippen LogP contribution in [0.5, 0.6) is 0 Å². The molecule has 3 N–H and O–H groups in total. The van der Waals surface area contributed by atoms with Crippen molar-refractivity contribution in [3.63, 3.8) is 0 Å². The zero-order chi connectivity index (χ0) is 42.3. The number of phosphoric acid groups is 1. The largest absolute Gasteiger partial charge is 0.472 e. The summed E-state index contributed by atoms with van der Waals surface area (Å²) < 4.78 is 33.4. The van der Waals surface area contributed by atoms with Crippen LogP contribution in [0, 0.1) is 0 Å². The first kappa shape index (κ1) is 55.7. The van der Waals surface area contributed by atoms with E-state index in [2.05, 4.69) is 98.9 Å². The highest BCUT2D eigenvalue weighted by Crippen LogP contribution is 2.43. The van der Waals surface area contributed by atoms with Crippen LogP contribution in [0.15, 0.2) is 85.1 Å². The SMILES string of the molecule is CC/C=C\C/C=C\C/C=C\C/C=C\C/C=C\C/C=C\C/C=C\CCCC(=O)OC(COCCCCCCCCCCCCCCCCCC)COP(=O)(O)OCCN. The van der Waals surface area contributed by atoms with Crippen molar-refractivity contribution in [2.24, 2.45) is 5.73 Å². The molecule has 0 aromatic rings. The van der Waals surface area contributed by atoms with Crippen molar-refractivity contribution in [1.82, 2.24) is 0 Å². The summed E-state index contributed by atoms with van der Waals surface area (Å²) in [4.78, 5) is 22.5. The topological polar surface area (TPSA) is 117 Å². The van der Waals surface area contributed by atoms with Gasteiger partial charge in [-0.3, -0.25) is 13.8 Å². The van der Waals surface area contributed by atoms with Crippen LogP contribution in [0.25, 0.3) is 0 Å². The Balaban J connectivity index is 4.14. The maximum Gasteiger partial charge on any atom is 0.472 e. The summed E-state index contributed by atoms with van der Waals surface area (Å²) in [6, 6.07) is 0. The fourth-order valence-electron chi connectivity index (χ4n) is 5.99. The number of rotatable bonds is 43. The first-order chi connectivity index (χ1) is 28.4. The molecule has 0 aliphatic rings. The van der Waals surface area contributed by atoms with Gasteiger partial charge in [-0.25, -0.2) is 4.57 Å². The maximum absolute atomic E-state index is 12.6. The lowest BCUT2D eigenvalue weighted by Gasteiger charge is -2.20. The number of carbonyl (C=O) groups is 1. The van der Waals surface area contributed by atoms with Crippen molar-refractivity contribution in [2.45, 2.75) is 187 Å². The molecule has 0 amide bonds. The van der Waals surface area contributed by atoms with Crippen LogP contribution in [-0.4, -0.2) is 49.9 Å². The van der Waals surface area contributed by atoms with Crippen molar-refractivity contribution >= 4 is 13.8 Å². The third kappa shape index (κ3) is 44.8. The lowest BCUT2D eigenvalue weighted by atomic mass is 10.0. The number of hydrogen-bond acceptors (Lipinski definition) is 7. The average Bonchev–Trinajstić information content (AvgIpc) is 3.21. The minimum atomic E-state index is -4.30. The van der Waals surface area contributed by atoms with Gasteiger partial charge in [0.2, 0.25) is 0 Å². The number of ether oxygens (including phenoxy) is 2. The molecular weight excluding hydrogens is 746 g/mol. The predicted molar refractivity (Wildman–Crippen MR) is 247 cm³/mol. The smallest absolute Gasteiger partial charge is 0.457 e. The van der Waals surface area contributed by atoms with Crippen LogP contribution < -0.4 is 5.73 Å². The summed E-state index contributed by atoms with van der Waals surface area (Å²) >= 11 is 0. The van der Waals surface area contributed by atoms with Crippen molar-refractivity contribution in [3.8, 4) is 0 Å². The molecular formula is C49H86NO7P. The summed E-state index contributed by atoms with van der Waals surface area (Å²) in [5, 5.41) is 0. The number of allylic oxidation sites excluding steroid dienone is 14. The van der Waals surface area contributed by atoms with E-state index in [1.54, 1.807) is 0 Å². The molecule has 9 heteroatoms. The van der Waals surface area contributed by atoms with Crippen LogP contribution in [0.4, 0.5) is 0 Å². The van der Waals surface area contributed by atoms with E-state index in [1.165, 1.54) is 89.9 Å². The van der Waals surface area contributed by atoms with Crippen LogP contribution >= 0.6 is 7.82 Å². The van der Waals surface area contributed by atoms with E-state index < -0.39 is 13.9 Å². The predicted octanol–water partition coefficient (Wildman–Crippen LogP) is 14.1. The van der Waals surface area contributed by atoms with Gasteiger partial charge in [0.05, 0.1) is 19.8 Å². The zero-order valence-corrected chi connectivity index (χ0v) is 37.9. The number of phosphoric ester groups is 1. The van der Waals surface area contributed by atoms with Gasteiger partial charge in [0.1, 0.15) is 6.10 Å². The average molecular weight is 832 g/mol. The molecule has 0 saturated heterocycles. The molecule has 2 unspecified atom stereocenters. The third-order valence-electron chi connectivity index (χ3n) is 9.33. The Morgan fingerprint density at radius 2 is 0.948 bits per heavy atom. The molecule has 0 rings (SSSR count). The second kappa shape index (κ2) is 45.8. The summed E-state index contributed by atoms with van der Waals surface area (Å²) in [6.07, 6.45) is 59.0. The van der Waals surface area contributed by atoms with Crippen molar-refractivity contribution < 1.29 is 32.8 Å². The highest BCUT2D eigenvalue weighted by atomic mass is 31.2. The van der Waals surface area contributed by atoms with E-state index in [-0.39, 0.29) is 38.8 Å². The Hall–Kier alpha value is -2.32. The molecule has 58 heavy (non-hydrogen) atoms. The molecule has 0 fully saturated rings. The van der Waals surface area contributed by atoms with Crippen LogP contribution in [0.1, 0.15) is 181 Å². The molecule has 0 aromatic carbocycles. The van der Waals surface area contributed by atoms with E-state index in [1.807, 2.05) is 0 Å². The monoisotopic (exact) mass is 832 g/mol. The molecule has 0 bridgehead atoms. The van der Waals surface area contributed by atoms with Gasteiger partial charge in [0, 0.05) is 19.6 Å². The number of nitrogens with two attached hydrogens (primary N) is 1. The van der Waals surface area contributed by atoms with Gasteiger partial charge in [-0.05, 0) is 64.2 Å². The van der Waals surface area contributed by atoms with Crippen molar-refractivity contribution in [2.75, 3.05) is 33.0 Å². The van der Waals surface area contributed by atoms with E-state index in [0.29, 0.717) is 13.0 Å². The number of esters is 1. The lowest BCUT2D eigenvalue weighted by molar-refractivity contribution is -0.154. The highest BCUT2D eigenvalue weighted by Gasteiger charge is 2.25. The van der Waals surface area contributed by atoms with E-state index in [4.69, 9.17) is 24.3 Å². The third-order valence-corrected chi connectivity index (χ3v) is 10.3. The molecule has 0 aromatic heterocycles. The van der Waals surface area contributed by atoms with Gasteiger partial charge in [-0.2, -0.15) is 0 Å². The standard InChI is InChI=1S/C49H86NO7P/c1-3-5-7-9-11-13-15-17-19-21-22-23-24-25-26-27-28-30-32-34-36-38-40-42-49(51)57-48(47-56-58(52,53)55-45-43-50)46-54-44-41-39-37-35-33-31-29-20-18-16-14-12-10-8-6-4-2/h5,7,11,13,17,19,22-23,25-26,28,30,34,36,48H,3-4,6,8-10,12,14-16,18,20-21,24,27,29,31-33,35,37-47,50H2,1-2H3,(H,52,53)/b7-5-,13-11-,19-17-,23-22-,26-25-,30-28-,36-34-. The first-order valence-corrected chi connectivity index (χ1v) is 24.6. The quantitative estimate of drug-likeness (QED) is 0.0270. The van der Waals surface area contributed by atoms with Gasteiger partial charge >= 0.3 is 13.8 Å². The molecule has 8 nitrogen and oxygen atoms in total. The van der Waals surface area contributed by atoms with Gasteiger partial charge in [0.25, 0.3) is 0 Å². The number of carbonyl (C=O) groups excluding carboxylic acids is 1. The van der Waals surface area contributed by atoms with Gasteiger partial charge < -0.3 is 20.1 Å². The molecule has 0 spiro atoms. The normalized spacial score (nSPS) is 14.2. The van der Waals surface area contributed by atoms with E-state index in [9.17, 15) is 14.3 Å².